The van der Waals surface area contributed by atoms with E-state index in [0.717, 1.165) is 15.6 Å². The Morgan fingerprint density at radius 3 is 2.64 bits per heavy atom. The van der Waals surface area contributed by atoms with Crippen molar-refractivity contribution in [3.05, 3.63) is 40.2 Å². The summed E-state index contributed by atoms with van der Waals surface area (Å²) in [6.45, 7) is 1.61. The van der Waals surface area contributed by atoms with Crippen molar-refractivity contribution in [1.29, 1.82) is 5.41 Å². The molecule has 0 radical (unpaired) electrons. The number of halogens is 4. The molecule has 1 aromatic carbocycles. The summed E-state index contributed by atoms with van der Waals surface area (Å²) in [5.41, 5.74) is -0.711. The summed E-state index contributed by atoms with van der Waals surface area (Å²) in [6.07, 6.45) is -4.81. The molecule has 0 unspecified atom stereocenters. The fraction of sp³-hybridized carbons (Fsp3) is 0.312. The minimum Gasteiger partial charge on any atom is -0.406 e. The summed E-state index contributed by atoms with van der Waals surface area (Å²) >= 11 is 7.46. The van der Waals surface area contributed by atoms with Crippen LogP contribution < -0.4 is 10.1 Å². The number of hydrogen-bond acceptors (Lipinski definition) is 5. The predicted molar refractivity (Wildman–Crippen MR) is 101 cm³/mol. The lowest BCUT2D eigenvalue weighted by Gasteiger charge is -2.39. The zero-order valence-corrected chi connectivity index (χ0v) is 17.0. The molecule has 1 aliphatic heterocycles. The molecule has 12 heteroatoms. The van der Waals surface area contributed by atoms with E-state index in [1.807, 2.05) is 0 Å². The smallest absolute Gasteiger partial charge is 0.406 e. The lowest BCUT2D eigenvalue weighted by molar-refractivity contribution is -0.274. The molecule has 0 saturated carbocycles. The number of benzene rings is 1. The van der Waals surface area contributed by atoms with Gasteiger partial charge in [-0.15, -0.1) is 24.5 Å². The van der Waals surface area contributed by atoms with Crippen LogP contribution in [0.25, 0.3) is 10.4 Å². The highest BCUT2D eigenvalue weighted by atomic mass is 35.5. The van der Waals surface area contributed by atoms with Gasteiger partial charge in [-0.25, -0.2) is 12.7 Å². The molecule has 6 nitrogen and oxygen atoms in total. The van der Waals surface area contributed by atoms with E-state index in [1.165, 1.54) is 25.2 Å². The molecule has 3 rings (SSSR count). The highest BCUT2D eigenvalue weighted by Gasteiger charge is 2.44. The largest absolute Gasteiger partial charge is 0.573 e. The highest BCUT2D eigenvalue weighted by molar-refractivity contribution is 7.89. The molecule has 2 heterocycles. The van der Waals surface area contributed by atoms with Gasteiger partial charge in [0.2, 0.25) is 16.0 Å². The number of rotatable bonds is 3. The zero-order valence-electron chi connectivity index (χ0n) is 14.6. The molecule has 1 atom stereocenters. The van der Waals surface area contributed by atoms with E-state index in [0.29, 0.717) is 15.3 Å². The molecule has 152 valence electrons. The van der Waals surface area contributed by atoms with Gasteiger partial charge in [-0.05, 0) is 30.7 Å². The van der Waals surface area contributed by atoms with Crippen molar-refractivity contribution in [1.82, 2.24) is 9.62 Å². The molecule has 1 aliphatic rings. The van der Waals surface area contributed by atoms with Crippen molar-refractivity contribution in [2.24, 2.45) is 0 Å². The molecule has 1 fully saturated rings. The molecule has 2 aromatic rings. The summed E-state index contributed by atoms with van der Waals surface area (Å²) in [4.78, 5) is 1.01. The number of hydrogen-bond donors (Lipinski definition) is 2. The molecular formula is C16H15ClF3N3O3S2. The Hall–Kier alpha value is -1.98. The maximum absolute atomic E-state index is 12.4. The molecule has 1 saturated heterocycles. The van der Waals surface area contributed by atoms with Crippen LogP contribution in [-0.2, 0) is 15.6 Å². The van der Waals surface area contributed by atoms with E-state index in [2.05, 4.69) is 10.1 Å². The molecule has 0 amide bonds. The van der Waals surface area contributed by atoms with Gasteiger partial charge in [0.05, 0.1) is 21.2 Å². The monoisotopic (exact) mass is 453 g/mol. The topological polar surface area (TPSA) is 82.5 Å². The molecule has 28 heavy (non-hydrogen) atoms. The van der Waals surface area contributed by atoms with Gasteiger partial charge in [0, 0.05) is 11.9 Å². The SMILES string of the molecule is CN1C(=N)N[C@](C)(c2sc(-c3cccc(OC(F)(F)F)c3)cc2Cl)CS1(=O)=O. The van der Waals surface area contributed by atoms with Crippen molar-refractivity contribution in [3.63, 3.8) is 0 Å². The fourth-order valence-corrected chi connectivity index (χ4v) is 6.03. The Balaban J connectivity index is 1.98. The molecule has 2 N–H and O–H groups in total. The van der Waals surface area contributed by atoms with E-state index in [1.54, 1.807) is 19.1 Å². The first-order valence-electron chi connectivity index (χ1n) is 7.80. The van der Waals surface area contributed by atoms with Gasteiger partial charge in [0.25, 0.3) is 0 Å². The zero-order chi connectivity index (χ0) is 20.9. The third-order valence-corrected chi connectivity index (χ3v) is 7.95. The summed E-state index contributed by atoms with van der Waals surface area (Å²) in [5, 5.41) is 11.0. The van der Waals surface area contributed by atoms with E-state index in [-0.39, 0.29) is 22.5 Å². The number of sulfonamides is 1. The van der Waals surface area contributed by atoms with Gasteiger partial charge in [-0.2, -0.15) is 0 Å². The average molecular weight is 454 g/mol. The van der Waals surface area contributed by atoms with Gasteiger partial charge in [-0.3, -0.25) is 5.41 Å². The van der Waals surface area contributed by atoms with E-state index in [9.17, 15) is 21.6 Å². The van der Waals surface area contributed by atoms with Crippen LogP contribution in [0.1, 0.15) is 11.8 Å². The minimum absolute atomic E-state index is 0.254. The normalized spacial score (nSPS) is 22.1. The predicted octanol–water partition coefficient (Wildman–Crippen LogP) is 3.98. The van der Waals surface area contributed by atoms with E-state index >= 15 is 0 Å². The summed E-state index contributed by atoms with van der Waals surface area (Å²) in [5.74, 6) is -0.986. The number of ether oxygens (including phenoxy) is 1. The number of nitrogens with zero attached hydrogens (tertiary/aromatic N) is 1. The number of alkyl halides is 3. The maximum atomic E-state index is 12.4. The lowest BCUT2D eigenvalue weighted by Crippen LogP contribution is -2.60. The van der Waals surface area contributed by atoms with Crippen LogP contribution in [0.15, 0.2) is 30.3 Å². The van der Waals surface area contributed by atoms with Crippen LogP contribution in [0.4, 0.5) is 13.2 Å². The number of thiophene rings is 1. The Morgan fingerprint density at radius 2 is 2.04 bits per heavy atom. The summed E-state index contributed by atoms with van der Waals surface area (Å²) < 4.78 is 66.8. The van der Waals surface area contributed by atoms with E-state index < -0.39 is 21.9 Å². The number of guanidine groups is 1. The van der Waals surface area contributed by atoms with Crippen LogP contribution in [0.2, 0.25) is 5.02 Å². The quantitative estimate of drug-likeness (QED) is 0.736. The highest BCUT2D eigenvalue weighted by Crippen LogP contribution is 2.43. The average Bonchev–Trinajstić information content (AvgIpc) is 2.94. The Kier molecular flexibility index (Phi) is 5.05. The molecule has 0 bridgehead atoms. The van der Waals surface area contributed by atoms with Crippen LogP contribution in [0, 0.1) is 5.41 Å². The van der Waals surface area contributed by atoms with Gasteiger partial charge >= 0.3 is 6.36 Å². The maximum Gasteiger partial charge on any atom is 0.573 e. The van der Waals surface area contributed by atoms with Crippen LogP contribution in [0.5, 0.6) is 5.75 Å². The molecule has 0 aliphatic carbocycles. The molecule has 0 spiro atoms. The summed E-state index contributed by atoms with van der Waals surface area (Å²) in [6, 6.07) is 6.97. The Labute approximate surface area is 168 Å². The first-order chi connectivity index (χ1) is 12.8. The van der Waals surface area contributed by atoms with Gasteiger partial charge < -0.3 is 10.1 Å². The van der Waals surface area contributed by atoms with Crippen LogP contribution in [-0.4, -0.2) is 37.8 Å². The second-order valence-electron chi connectivity index (χ2n) is 6.39. The van der Waals surface area contributed by atoms with Crippen LogP contribution in [0.3, 0.4) is 0 Å². The standard InChI is InChI=1S/C16H15ClF3N3O3S2/c1-15(8-28(24,25)23(2)14(21)22-15)13-11(17)7-12(27-13)9-4-3-5-10(6-9)26-16(18,19)20/h3-7H,8H2,1-2H3,(H2,21,22)/t15-/m0/s1. The summed E-state index contributed by atoms with van der Waals surface area (Å²) in [7, 11) is -2.44. The Bertz CT molecular complexity index is 1040. The molecular weight excluding hydrogens is 439 g/mol. The lowest BCUT2D eigenvalue weighted by atomic mass is 10.0. The third-order valence-electron chi connectivity index (χ3n) is 4.14. The molecule has 1 aromatic heterocycles. The fourth-order valence-electron chi connectivity index (χ4n) is 2.83. The van der Waals surface area contributed by atoms with Crippen LogP contribution >= 0.6 is 22.9 Å². The third kappa shape index (κ3) is 4.06. The first kappa shape index (κ1) is 20.7. The second-order valence-corrected chi connectivity index (χ2v) is 9.85. The van der Waals surface area contributed by atoms with Gasteiger partial charge in [0.1, 0.15) is 5.75 Å². The van der Waals surface area contributed by atoms with Gasteiger partial charge in [0.15, 0.2) is 0 Å². The Morgan fingerprint density at radius 1 is 1.36 bits per heavy atom. The second kappa shape index (κ2) is 6.82. The minimum atomic E-state index is -4.81. The van der Waals surface area contributed by atoms with Crippen molar-refractivity contribution in [3.8, 4) is 16.2 Å². The number of nitrogens with one attached hydrogen (secondary N) is 2. The van der Waals surface area contributed by atoms with Crippen molar-refractivity contribution < 1.29 is 26.3 Å². The van der Waals surface area contributed by atoms with Crippen molar-refractivity contribution in [2.45, 2.75) is 18.8 Å². The van der Waals surface area contributed by atoms with Crippen molar-refractivity contribution >= 4 is 38.9 Å². The van der Waals surface area contributed by atoms with E-state index in [4.69, 9.17) is 17.0 Å². The van der Waals surface area contributed by atoms with Gasteiger partial charge in [-0.1, -0.05) is 23.7 Å². The van der Waals surface area contributed by atoms with Crippen molar-refractivity contribution in [2.75, 3.05) is 12.8 Å². The first-order valence-corrected chi connectivity index (χ1v) is 10.6.